The summed E-state index contributed by atoms with van der Waals surface area (Å²) in [7, 11) is 0. The number of aromatic nitrogens is 2. The second-order valence-corrected chi connectivity index (χ2v) is 6.57. The van der Waals surface area contributed by atoms with Gasteiger partial charge in [-0.3, -0.25) is 9.59 Å². The number of H-pyrrole nitrogens is 2. The van der Waals surface area contributed by atoms with E-state index in [1.165, 1.54) is 0 Å². The van der Waals surface area contributed by atoms with Crippen molar-refractivity contribution in [2.75, 3.05) is 0 Å². The smallest absolute Gasteiger partial charge is 0.256 e. The van der Waals surface area contributed by atoms with Crippen LogP contribution in [0, 0.1) is 13.8 Å². The Balaban J connectivity index is 2.04. The van der Waals surface area contributed by atoms with E-state index in [4.69, 9.17) is 0 Å². The second kappa shape index (κ2) is 6.15. The van der Waals surface area contributed by atoms with E-state index < -0.39 is 0 Å². The monoisotopic (exact) mass is 342 g/mol. The minimum Gasteiger partial charge on any atom is -0.329 e. The minimum atomic E-state index is -0.178. The Morgan fingerprint density at radius 2 is 1.58 bits per heavy atom. The first-order chi connectivity index (χ1) is 12.5. The molecule has 0 saturated heterocycles. The normalized spacial score (nSPS) is 11.0. The summed E-state index contributed by atoms with van der Waals surface area (Å²) < 4.78 is 0. The zero-order chi connectivity index (χ0) is 18.3. The van der Waals surface area contributed by atoms with Crippen LogP contribution in [0.15, 0.2) is 70.4 Å². The largest absolute Gasteiger partial charge is 0.329 e. The number of rotatable bonds is 2. The second-order valence-electron chi connectivity index (χ2n) is 6.57. The zero-order valence-corrected chi connectivity index (χ0v) is 14.6. The molecule has 4 aromatic rings. The van der Waals surface area contributed by atoms with Crippen LogP contribution in [0.25, 0.3) is 33.2 Å². The lowest BCUT2D eigenvalue weighted by atomic mass is 9.97. The molecular formula is C22H18N2O2. The van der Waals surface area contributed by atoms with Gasteiger partial charge in [0.15, 0.2) is 0 Å². The molecule has 0 amide bonds. The Bertz CT molecular complexity index is 1250. The summed E-state index contributed by atoms with van der Waals surface area (Å²) in [4.78, 5) is 30.7. The SMILES string of the molecule is Cc1cccc(-c2cc3cc(C)cc(-c4ccc[nH]c4=O)c3[nH]c2=O)c1. The van der Waals surface area contributed by atoms with Gasteiger partial charge < -0.3 is 9.97 Å². The van der Waals surface area contributed by atoms with Gasteiger partial charge in [0.25, 0.3) is 11.1 Å². The zero-order valence-electron chi connectivity index (χ0n) is 14.6. The van der Waals surface area contributed by atoms with E-state index in [-0.39, 0.29) is 11.1 Å². The van der Waals surface area contributed by atoms with E-state index in [9.17, 15) is 9.59 Å². The molecule has 26 heavy (non-hydrogen) atoms. The number of hydrogen-bond acceptors (Lipinski definition) is 2. The van der Waals surface area contributed by atoms with Gasteiger partial charge in [0.1, 0.15) is 0 Å². The fourth-order valence-corrected chi connectivity index (χ4v) is 3.34. The van der Waals surface area contributed by atoms with Crippen LogP contribution >= 0.6 is 0 Å². The highest BCUT2D eigenvalue weighted by molar-refractivity contribution is 5.95. The van der Waals surface area contributed by atoms with Crippen molar-refractivity contribution in [3.8, 4) is 22.3 Å². The molecule has 2 N–H and O–H groups in total. The van der Waals surface area contributed by atoms with Crippen LogP contribution in [0.5, 0.6) is 0 Å². The van der Waals surface area contributed by atoms with Crippen molar-refractivity contribution in [1.82, 2.24) is 9.97 Å². The molecule has 0 spiro atoms. The van der Waals surface area contributed by atoms with Crippen molar-refractivity contribution >= 4 is 10.9 Å². The van der Waals surface area contributed by atoms with Gasteiger partial charge in [-0.05, 0) is 60.7 Å². The minimum absolute atomic E-state index is 0.166. The topological polar surface area (TPSA) is 65.7 Å². The third-order valence-electron chi connectivity index (χ3n) is 4.53. The van der Waals surface area contributed by atoms with Crippen LogP contribution in [0.2, 0.25) is 0 Å². The number of aryl methyl sites for hydroxylation is 2. The molecule has 0 saturated carbocycles. The summed E-state index contributed by atoms with van der Waals surface area (Å²) in [5, 5.41) is 0.902. The number of pyridine rings is 2. The Morgan fingerprint density at radius 3 is 2.35 bits per heavy atom. The molecule has 2 aromatic carbocycles. The maximum Gasteiger partial charge on any atom is 0.256 e. The fourth-order valence-electron chi connectivity index (χ4n) is 3.34. The summed E-state index contributed by atoms with van der Waals surface area (Å²) in [6.07, 6.45) is 1.60. The highest BCUT2D eigenvalue weighted by Gasteiger charge is 2.12. The third-order valence-corrected chi connectivity index (χ3v) is 4.53. The average Bonchev–Trinajstić information content (AvgIpc) is 2.61. The molecule has 4 rings (SSSR count). The number of hydrogen-bond donors (Lipinski definition) is 2. The lowest BCUT2D eigenvalue weighted by Crippen LogP contribution is -2.12. The Kier molecular flexibility index (Phi) is 3.81. The van der Waals surface area contributed by atoms with Crippen LogP contribution < -0.4 is 11.1 Å². The highest BCUT2D eigenvalue weighted by Crippen LogP contribution is 2.28. The summed E-state index contributed by atoms with van der Waals surface area (Å²) in [6, 6.07) is 17.3. The average molecular weight is 342 g/mol. The first-order valence-corrected chi connectivity index (χ1v) is 8.46. The lowest BCUT2D eigenvalue weighted by molar-refractivity contribution is 1.23. The third kappa shape index (κ3) is 2.75. The van der Waals surface area contributed by atoms with E-state index in [0.29, 0.717) is 16.6 Å². The van der Waals surface area contributed by atoms with E-state index >= 15 is 0 Å². The molecule has 0 aliphatic carbocycles. The van der Waals surface area contributed by atoms with Gasteiger partial charge in [-0.1, -0.05) is 29.8 Å². The van der Waals surface area contributed by atoms with Crippen molar-refractivity contribution in [3.63, 3.8) is 0 Å². The first kappa shape index (κ1) is 16.1. The predicted molar refractivity (Wildman–Crippen MR) is 106 cm³/mol. The fraction of sp³-hybridized carbons (Fsp3) is 0.0909. The molecule has 2 heterocycles. The Morgan fingerprint density at radius 1 is 0.731 bits per heavy atom. The molecule has 0 bridgehead atoms. The number of fused-ring (bicyclic) bond motifs is 1. The van der Waals surface area contributed by atoms with Crippen molar-refractivity contribution in [1.29, 1.82) is 0 Å². The van der Waals surface area contributed by atoms with Crippen molar-refractivity contribution in [3.05, 3.63) is 92.6 Å². The van der Waals surface area contributed by atoms with Crippen LogP contribution in [-0.2, 0) is 0 Å². The number of nitrogens with one attached hydrogen (secondary N) is 2. The number of benzene rings is 2. The first-order valence-electron chi connectivity index (χ1n) is 8.46. The Hall–Kier alpha value is -3.40. The summed E-state index contributed by atoms with van der Waals surface area (Å²) >= 11 is 0. The maximum absolute atomic E-state index is 12.8. The van der Waals surface area contributed by atoms with Crippen LogP contribution in [-0.4, -0.2) is 9.97 Å². The van der Waals surface area contributed by atoms with Crippen molar-refractivity contribution in [2.24, 2.45) is 0 Å². The number of aromatic amines is 2. The molecule has 0 unspecified atom stereocenters. The van der Waals surface area contributed by atoms with Gasteiger partial charge >= 0.3 is 0 Å². The molecule has 0 aliphatic rings. The van der Waals surface area contributed by atoms with Crippen molar-refractivity contribution in [2.45, 2.75) is 13.8 Å². The van der Waals surface area contributed by atoms with E-state index in [0.717, 1.165) is 27.6 Å². The van der Waals surface area contributed by atoms with E-state index in [2.05, 4.69) is 9.97 Å². The van der Waals surface area contributed by atoms with Gasteiger partial charge in [-0.2, -0.15) is 0 Å². The van der Waals surface area contributed by atoms with E-state index in [1.54, 1.807) is 18.3 Å². The van der Waals surface area contributed by atoms with Gasteiger partial charge in [-0.25, -0.2) is 0 Å². The molecule has 4 heteroatoms. The quantitative estimate of drug-likeness (QED) is 0.574. The lowest BCUT2D eigenvalue weighted by Gasteiger charge is -2.10. The molecule has 0 atom stereocenters. The molecule has 0 aliphatic heterocycles. The van der Waals surface area contributed by atoms with Gasteiger partial charge in [-0.15, -0.1) is 0 Å². The molecule has 0 fully saturated rings. The summed E-state index contributed by atoms with van der Waals surface area (Å²) in [6.45, 7) is 3.99. The molecular weight excluding hydrogens is 324 g/mol. The predicted octanol–water partition coefficient (Wildman–Crippen LogP) is 4.17. The molecule has 0 radical (unpaired) electrons. The summed E-state index contributed by atoms with van der Waals surface area (Å²) in [5.74, 6) is 0. The molecule has 128 valence electrons. The van der Waals surface area contributed by atoms with Gasteiger partial charge in [0, 0.05) is 22.9 Å². The van der Waals surface area contributed by atoms with E-state index in [1.807, 2.05) is 56.3 Å². The summed E-state index contributed by atoms with van der Waals surface area (Å²) in [5.41, 5.74) is 5.24. The van der Waals surface area contributed by atoms with Crippen LogP contribution in [0.3, 0.4) is 0 Å². The van der Waals surface area contributed by atoms with Crippen LogP contribution in [0.1, 0.15) is 11.1 Å². The van der Waals surface area contributed by atoms with Crippen LogP contribution in [0.4, 0.5) is 0 Å². The molecule has 2 aromatic heterocycles. The van der Waals surface area contributed by atoms with Gasteiger partial charge in [0.05, 0.1) is 5.52 Å². The molecule has 4 nitrogen and oxygen atoms in total. The maximum atomic E-state index is 12.8. The highest BCUT2D eigenvalue weighted by atomic mass is 16.1. The van der Waals surface area contributed by atoms with Crippen molar-refractivity contribution < 1.29 is 0 Å². The standard InChI is InChI=1S/C22H18N2O2/c1-13-5-3-6-15(9-13)18-12-16-10-14(2)11-19(20(16)24-22(18)26)17-7-4-8-23-21(17)25/h3-12H,1-2H3,(H,23,25)(H,24,26). The Labute approximate surface area is 150 Å². The van der Waals surface area contributed by atoms with Gasteiger partial charge in [0.2, 0.25) is 0 Å².